The molecule has 1 N–H and O–H groups in total. The van der Waals surface area contributed by atoms with Gasteiger partial charge in [0.1, 0.15) is 17.7 Å². The largest absolute Gasteiger partial charge is 0.464 e. The van der Waals surface area contributed by atoms with Gasteiger partial charge in [0.15, 0.2) is 0 Å². The molecule has 0 spiro atoms. The molecule has 6 nitrogen and oxygen atoms in total. The maximum atomic E-state index is 12.3. The van der Waals surface area contributed by atoms with Crippen LogP contribution < -0.4 is 10.3 Å². The number of hydrogen-bond donors (Lipinski definition) is 1. The third-order valence-corrected chi connectivity index (χ3v) is 4.38. The van der Waals surface area contributed by atoms with Gasteiger partial charge < -0.3 is 14.2 Å². The van der Waals surface area contributed by atoms with Crippen molar-refractivity contribution in [2.45, 2.75) is 19.6 Å². The molecule has 2 aromatic rings. The number of hydrogen-bond acceptors (Lipinski definition) is 5. The van der Waals surface area contributed by atoms with Crippen LogP contribution >= 0.6 is 0 Å². The second-order valence-electron chi connectivity index (χ2n) is 5.83. The smallest absolute Gasteiger partial charge is 0.354 e. The first-order valence-corrected chi connectivity index (χ1v) is 7.82. The van der Waals surface area contributed by atoms with Crippen molar-refractivity contribution in [1.29, 1.82) is 0 Å². The Morgan fingerprint density at radius 2 is 2.12 bits per heavy atom. The van der Waals surface area contributed by atoms with E-state index in [1.54, 1.807) is 0 Å². The highest BCUT2D eigenvalue weighted by molar-refractivity contribution is 6.03. The predicted molar refractivity (Wildman–Crippen MR) is 92.9 cm³/mol. The van der Waals surface area contributed by atoms with E-state index >= 15 is 0 Å². The zero-order valence-corrected chi connectivity index (χ0v) is 13.6. The molecule has 24 heavy (non-hydrogen) atoms. The van der Waals surface area contributed by atoms with Crippen molar-refractivity contribution in [3.8, 4) is 0 Å². The first-order chi connectivity index (χ1) is 11.7. The third-order valence-electron chi connectivity index (χ3n) is 4.38. The average Bonchev–Trinajstić information content (AvgIpc) is 3.16. The summed E-state index contributed by atoms with van der Waals surface area (Å²) in [7, 11) is 1.41. The second-order valence-corrected chi connectivity index (χ2v) is 5.83. The lowest BCUT2D eigenvalue weighted by molar-refractivity contribution is 0.0589. The van der Waals surface area contributed by atoms with Crippen LogP contribution in [0.2, 0.25) is 0 Å². The number of fused-ring (bicyclic) bond motifs is 3. The summed E-state index contributed by atoms with van der Waals surface area (Å²) in [6.45, 7) is 2.55. The van der Waals surface area contributed by atoms with Crippen molar-refractivity contribution in [3.63, 3.8) is 0 Å². The number of hydrazone groups is 1. The van der Waals surface area contributed by atoms with Crippen LogP contribution in [0.1, 0.15) is 28.7 Å². The monoisotopic (exact) mass is 322 g/mol. The minimum absolute atomic E-state index is 0.00410. The summed E-state index contributed by atoms with van der Waals surface area (Å²) in [5, 5.41) is 4.28. The number of nitrogens with one attached hydrogen (secondary N) is 1. The first kappa shape index (κ1) is 14.6. The molecule has 2 aliphatic rings. The van der Waals surface area contributed by atoms with E-state index in [-0.39, 0.29) is 12.1 Å². The maximum absolute atomic E-state index is 12.3. The van der Waals surface area contributed by atoms with Crippen molar-refractivity contribution in [1.82, 2.24) is 9.99 Å². The number of nitrogens with zero attached hydrogens (tertiary/aromatic N) is 3. The van der Waals surface area contributed by atoms with Gasteiger partial charge in [-0.3, -0.25) is 5.43 Å². The van der Waals surface area contributed by atoms with Gasteiger partial charge >= 0.3 is 5.97 Å². The molecule has 122 valence electrons. The van der Waals surface area contributed by atoms with Crippen molar-refractivity contribution >= 4 is 23.6 Å². The van der Waals surface area contributed by atoms with E-state index < -0.39 is 0 Å². The molecule has 0 amide bonds. The van der Waals surface area contributed by atoms with E-state index in [1.165, 1.54) is 7.11 Å². The zero-order chi connectivity index (χ0) is 16.7. The Morgan fingerprint density at radius 3 is 2.88 bits per heavy atom. The summed E-state index contributed by atoms with van der Waals surface area (Å²) in [5.74, 6) is 0.533. The van der Waals surface area contributed by atoms with Gasteiger partial charge in [-0.25, -0.2) is 4.79 Å². The molecule has 1 unspecified atom stereocenters. The number of carbonyl (C=O) groups excluding carboxylic acids is 1. The van der Waals surface area contributed by atoms with Crippen LogP contribution in [-0.2, 0) is 11.3 Å². The molecular weight excluding hydrogens is 304 g/mol. The lowest BCUT2D eigenvalue weighted by atomic mass is 10.2. The van der Waals surface area contributed by atoms with Crippen molar-refractivity contribution < 1.29 is 9.53 Å². The average molecular weight is 322 g/mol. The van der Waals surface area contributed by atoms with E-state index in [1.807, 2.05) is 60.0 Å². The zero-order valence-electron chi connectivity index (χ0n) is 13.6. The highest BCUT2D eigenvalue weighted by Crippen LogP contribution is 2.34. The number of aromatic nitrogens is 1. The number of anilines is 1. The van der Waals surface area contributed by atoms with Gasteiger partial charge in [-0.2, -0.15) is 5.10 Å². The van der Waals surface area contributed by atoms with Gasteiger partial charge in [0, 0.05) is 6.54 Å². The molecule has 1 atom stereocenters. The Hall–Kier alpha value is -3.02. The molecule has 0 saturated heterocycles. The standard InChI is InChI=1S/C18H18N4O2/c1-12-19-20-17-9-8-14-15(22(12)17)10-16(18(23)24-2)21(14)11-13-6-4-3-5-7-13/h3-10,17,20H,11H2,1-2H3. The van der Waals surface area contributed by atoms with Crippen LogP contribution in [0.25, 0.3) is 6.08 Å². The number of carbonyl (C=O) groups is 1. The normalized spacial score (nSPS) is 17.8. The number of benzene rings is 1. The molecule has 0 fully saturated rings. The molecule has 2 aliphatic heterocycles. The number of amidine groups is 1. The molecule has 0 bridgehead atoms. The second kappa shape index (κ2) is 5.56. The van der Waals surface area contributed by atoms with E-state index in [0.29, 0.717) is 12.2 Å². The molecule has 6 heteroatoms. The van der Waals surface area contributed by atoms with E-state index in [2.05, 4.69) is 15.4 Å². The van der Waals surface area contributed by atoms with Crippen LogP contribution in [0.4, 0.5) is 5.69 Å². The molecular formula is C18H18N4O2. The number of esters is 1. The van der Waals surface area contributed by atoms with E-state index in [4.69, 9.17) is 4.74 Å². The Balaban J connectivity index is 1.84. The molecule has 0 saturated carbocycles. The van der Waals surface area contributed by atoms with Crippen LogP contribution in [0.15, 0.2) is 47.6 Å². The van der Waals surface area contributed by atoms with Gasteiger partial charge in [-0.1, -0.05) is 30.3 Å². The highest BCUT2D eigenvalue weighted by Gasteiger charge is 2.33. The minimum Gasteiger partial charge on any atom is -0.464 e. The highest BCUT2D eigenvalue weighted by atomic mass is 16.5. The van der Waals surface area contributed by atoms with Crippen molar-refractivity contribution in [2.75, 3.05) is 12.0 Å². The lowest BCUT2D eigenvalue weighted by Crippen LogP contribution is -2.39. The van der Waals surface area contributed by atoms with Crippen LogP contribution in [0.5, 0.6) is 0 Å². The van der Waals surface area contributed by atoms with Crippen LogP contribution in [0.3, 0.4) is 0 Å². The fourth-order valence-electron chi connectivity index (χ4n) is 3.24. The first-order valence-electron chi connectivity index (χ1n) is 7.82. The summed E-state index contributed by atoms with van der Waals surface area (Å²) < 4.78 is 6.98. The molecule has 0 radical (unpaired) electrons. The maximum Gasteiger partial charge on any atom is 0.354 e. The SMILES string of the molecule is COC(=O)c1cc2c(n1Cc1ccccc1)C=CC1NN=C(C)N21. The van der Waals surface area contributed by atoms with Crippen molar-refractivity contribution in [2.24, 2.45) is 5.10 Å². The molecule has 0 aliphatic carbocycles. The van der Waals surface area contributed by atoms with Crippen LogP contribution in [0, 0.1) is 0 Å². The summed E-state index contributed by atoms with van der Waals surface area (Å²) in [4.78, 5) is 14.4. The molecule has 4 rings (SSSR count). The molecule has 1 aromatic heterocycles. The summed E-state index contributed by atoms with van der Waals surface area (Å²) >= 11 is 0. The number of rotatable bonds is 3. The molecule has 3 heterocycles. The fourth-order valence-corrected chi connectivity index (χ4v) is 3.24. The number of ether oxygens (including phenoxy) is 1. The minimum atomic E-state index is -0.341. The summed E-state index contributed by atoms with van der Waals surface area (Å²) in [5.41, 5.74) is 6.68. The van der Waals surface area contributed by atoms with Crippen molar-refractivity contribution in [3.05, 3.63) is 59.4 Å². The Kier molecular flexibility index (Phi) is 3.37. The van der Waals surface area contributed by atoms with E-state index in [9.17, 15) is 4.79 Å². The topological polar surface area (TPSA) is 58.9 Å². The lowest BCUT2D eigenvalue weighted by Gasteiger charge is -2.27. The number of methoxy groups -OCH3 is 1. The quantitative estimate of drug-likeness (QED) is 0.882. The summed E-state index contributed by atoms with van der Waals surface area (Å²) in [6, 6.07) is 12.0. The fraction of sp³-hybridized carbons (Fsp3) is 0.222. The Labute approximate surface area is 140 Å². The van der Waals surface area contributed by atoms with Gasteiger partial charge in [0.2, 0.25) is 0 Å². The Morgan fingerprint density at radius 1 is 1.33 bits per heavy atom. The third kappa shape index (κ3) is 2.19. The van der Waals surface area contributed by atoms with Gasteiger partial charge in [-0.15, -0.1) is 0 Å². The molecule has 1 aromatic carbocycles. The predicted octanol–water partition coefficient (Wildman–Crippen LogP) is 2.42. The van der Waals surface area contributed by atoms with E-state index in [0.717, 1.165) is 22.8 Å². The van der Waals surface area contributed by atoms with Gasteiger partial charge in [0.05, 0.1) is 18.5 Å². The van der Waals surface area contributed by atoms with Gasteiger partial charge in [0.25, 0.3) is 0 Å². The van der Waals surface area contributed by atoms with Gasteiger partial charge in [-0.05, 0) is 30.7 Å². The van der Waals surface area contributed by atoms with Crippen LogP contribution in [-0.4, -0.2) is 29.6 Å². The summed E-state index contributed by atoms with van der Waals surface area (Å²) in [6.07, 6.45) is 4.08. The Bertz CT molecular complexity index is 851.